The second-order valence-electron chi connectivity index (χ2n) is 6.73. The molecule has 0 aromatic heterocycles. The van der Waals surface area contributed by atoms with Crippen LogP contribution < -0.4 is 5.32 Å². The predicted molar refractivity (Wildman–Crippen MR) is 109 cm³/mol. The highest BCUT2D eigenvalue weighted by Gasteiger charge is 2.12. The zero-order valence-corrected chi connectivity index (χ0v) is 17.0. The summed E-state index contributed by atoms with van der Waals surface area (Å²) in [6.45, 7) is 10.6. The van der Waals surface area contributed by atoms with E-state index < -0.39 is 0 Å². The number of thioether (sulfide) groups is 1. The predicted octanol–water partition coefficient (Wildman–Crippen LogP) is 4.57. The maximum Gasteiger partial charge on any atom is 0.216 e. The van der Waals surface area contributed by atoms with Crippen molar-refractivity contribution in [2.75, 3.05) is 12.3 Å². The summed E-state index contributed by atoms with van der Waals surface area (Å²) in [5.41, 5.74) is 6.92. The number of carbonyl (C=O) groups is 2. The SMILES string of the molecule is CC(=O)NCCc1ccc(C(=O)CSc2c(C)c(C)cc(C)c2C)cc1. The minimum Gasteiger partial charge on any atom is -0.356 e. The number of benzene rings is 2. The van der Waals surface area contributed by atoms with Gasteiger partial charge in [0.05, 0.1) is 5.75 Å². The molecule has 0 heterocycles. The monoisotopic (exact) mass is 369 g/mol. The van der Waals surface area contributed by atoms with Crippen molar-refractivity contribution >= 4 is 23.5 Å². The van der Waals surface area contributed by atoms with Gasteiger partial charge in [0, 0.05) is 23.9 Å². The van der Waals surface area contributed by atoms with E-state index in [4.69, 9.17) is 0 Å². The fourth-order valence-electron chi connectivity index (χ4n) is 2.86. The first kappa shape index (κ1) is 20.2. The van der Waals surface area contributed by atoms with Gasteiger partial charge in [0.2, 0.25) is 5.91 Å². The molecule has 0 fully saturated rings. The summed E-state index contributed by atoms with van der Waals surface area (Å²) >= 11 is 1.63. The topological polar surface area (TPSA) is 46.2 Å². The quantitative estimate of drug-likeness (QED) is 0.574. The zero-order valence-electron chi connectivity index (χ0n) is 16.2. The molecule has 0 spiro atoms. The summed E-state index contributed by atoms with van der Waals surface area (Å²) in [7, 11) is 0. The first-order chi connectivity index (χ1) is 12.3. The molecule has 0 aliphatic heterocycles. The number of aryl methyl sites for hydroxylation is 2. The van der Waals surface area contributed by atoms with Crippen LogP contribution in [0.3, 0.4) is 0 Å². The summed E-state index contributed by atoms with van der Waals surface area (Å²) in [5.74, 6) is 0.558. The largest absolute Gasteiger partial charge is 0.356 e. The van der Waals surface area contributed by atoms with Gasteiger partial charge >= 0.3 is 0 Å². The Morgan fingerprint density at radius 3 is 2.08 bits per heavy atom. The fraction of sp³-hybridized carbons (Fsp3) is 0.364. The van der Waals surface area contributed by atoms with Gasteiger partial charge in [-0.15, -0.1) is 11.8 Å². The highest BCUT2D eigenvalue weighted by molar-refractivity contribution is 8.00. The molecule has 0 aliphatic carbocycles. The van der Waals surface area contributed by atoms with Gasteiger partial charge in [-0.1, -0.05) is 30.3 Å². The van der Waals surface area contributed by atoms with E-state index in [-0.39, 0.29) is 11.7 Å². The van der Waals surface area contributed by atoms with E-state index in [0.29, 0.717) is 12.3 Å². The molecule has 0 saturated heterocycles. The van der Waals surface area contributed by atoms with Crippen LogP contribution in [0.4, 0.5) is 0 Å². The minimum absolute atomic E-state index is 0.0224. The molecule has 0 aliphatic rings. The van der Waals surface area contributed by atoms with Crippen LogP contribution >= 0.6 is 11.8 Å². The summed E-state index contributed by atoms with van der Waals surface area (Å²) in [5, 5.41) is 2.78. The van der Waals surface area contributed by atoms with Crippen molar-refractivity contribution in [1.82, 2.24) is 5.32 Å². The van der Waals surface area contributed by atoms with Crippen LogP contribution in [-0.2, 0) is 11.2 Å². The molecule has 2 aromatic carbocycles. The molecular weight excluding hydrogens is 342 g/mol. The maximum atomic E-state index is 12.5. The molecule has 3 nitrogen and oxygen atoms in total. The van der Waals surface area contributed by atoms with Crippen LogP contribution in [0, 0.1) is 27.7 Å². The lowest BCUT2D eigenvalue weighted by atomic mass is 10.0. The number of rotatable bonds is 7. The number of Topliss-reactive ketones (excluding diaryl/α,β-unsaturated/α-hetero) is 1. The van der Waals surface area contributed by atoms with Crippen molar-refractivity contribution in [3.63, 3.8) is 0 Å². The molecule has 26 heavy (non-hydrogen) atoms. The maximum absolute atomic E-state index is 12.5. The average Bonchev–Trinajstić information content (AvgIpc) is 2.60. The lowest BCUT2D eigenvalue weighted by molar-refractivity contribution is -0.118. The van der Waals surface area contributed by atoms with E-state index in [1.807, 2.05) is 24.3 Å². The van der Waals surface area contributed by atoms with Gasteiger partial charge in [-0.2, -0.15) is 0 Å². The highest BCUT2D eigenvalue weighted by atomic mass is 32.2. The Hall–Kier alpha value is -2.07. The molecule has 1 amide bonds. The van der Waals surface area contributed by atoms with E-state index >= 15 is 0 Å². The van der Waals surface area contributed by atoms with Gasteiger partial charge in [0.25, 0.3) is 0 Å². The van der Waals surface area contributed by atoms with Crippen molar-refractivity contribution < 1.29 is 9.59 Å². The molecule has 138 valence electrons. The molecule has 0 radical (unpaired) electrons. The summed E-state index contributed by atoms with van der Waals surface area (Å²) in [6, 6.07) is 9.90. The second kappa shape index (κ2) is 9.04. The fourth-order valence-corrected chi connectivity index (χ4v) is 4.06. The molecule has 1 N–H and O–H groups in total. The summed E-state index contributed by atoms with van der Waals surface area (Å²) in [4.78, 5) is 24.7. The van der Waals surface area contributed by atoms with E-state index in [9.17, 15) is 9.59 Å². The Bertz CT molecular complexity index is 784. The molecule has 4 heteroatoms. The van der Waals surface area contributed by atoms with Crippen LogP contribution in [0.25, 0.3) is 0 Å². The first-order valence-corrected chi connectivity index (χ1v) is 9.85. The minimum atomic E-state index is -0.0224. The van der Waals surface area contributed by atoms with E-state index in [0.717, 1.165) is 17.5 Å². The standard InChI is InChI=1S/C22H27NO2S/c1-14-12-15(2)17(4)22(16(14)3)26-13-21(25)20-8-6-19(7-9-20)10-11-23-18(5)24/h6-9,12H,10-11,13H2,1-5H3,(H,23,24). The number of hydrogen-bond acceptors (Lipinski definition) is 3. The normalized spacial score (nSPS) is 10.7. The van der Waals surface area contributed by atoms with E-state index in [2.05, 4.69) is 39.1 Å². The number of ketones is 1. The Labute approximate surface area is 160 Å². The molecule has 0 atom stereocenters. The number of amides is 1. The molecular formula is C22H27NO2S. The third-order valence-corrected chi connectivity index (χ3v) is 6.02. The third kappa shape index (κ3) is 5.21. The summed E-state index contributed by atoms with van der Waals surface area (Å²) in [6.07, 6.45) is 0.768. The molecule has 2 aromatic rings. The van der Waals surface area contributed by atoms with Crippen LogP contribution in [0.5, 0.6) is 0 Å². The Kier molecular flexibility index (Phi) is 7.04. The molecule has 0 unspecified atom stereocenters. The molecule has 0 saturated carbocycles. The van der Waals surface area contributed by atoms with Crippen LogP contribution in [-0.4, -0.2) is 24.0 Å². The number of hydrogen-bond donors (Lipinski definition) is 1. The summed E-state index contributed by atoms with van der Waals surface area (Å²) < 4.78 is 0. The lowest BCUT2D eigenvalue weighted by Crippen LogP contribution is -2.22. The van der Waals surface area contributed by atoms with Gasteiger partial charge in [0.1, 0.15) is 0 Å². The smallest absolute Gasteiger partial charge is 0.216 e. The molecule has 0 bridgehead atoms. The highest BCUT2D eigenvalue weighted by Crippen LogP contribution is 2.31. The van der Waals surface area contributed by atoms with E-state index in [1.54, 1.807) is 11.8 Å². The Morgan fingerprint density at radius 2 is 1.54 bits per heavy atom. The van der Waals surface area contributed by atoms with Gasteiger partial charge in [-0.25, -0.2) is 0 Å². The van der Waals surface area contributed by atoms with Crippen molar-refractivity contribution in [2.45, 2.75) is 45.9 Å². The van der Waals surface area contributed by atoms with Gasteiger partial charge in [0.15, 0.2) is 5.78 Å². The average molecular weight is 370 g/mol. The Balaban J connectivity index is 1.99. The van der Waals surface area contributed by atoms with Crippen LogP contribution in [0.15, 0.2) is 35.2 Å². The number of nitrogens with one attached hydrogen (secondary N) is 1. The number of carbonyl (C=O) groups excluding carboxylic acids is 2. The Morgan fingerprint density at radius 1 is 0.962 bits per heavy atom. The van der Waals surface area contributed by atoms with Crippen LogP contribution in [0.1, 0.15) is 45.1 Å². The first-order valence-electron chi connectivity index (χ1n) is 8.86. The van der Waals surface area contributed by atoms with Gasteiger partial charge < -0.3 is 5.32 Å². The van der Waals surface area contributed by atoms with Crippen molar-refractivity contribution in [3.05, 3.63) is 63.7 Å². The van der Waals surface area contributed by atoms with Crippen LogP contribution in [0.2, 0.25) is 0 Å². The van der Waals surface area contributed by atoms with E-state index in [1.165, 1.54) is 34.1 Å². The van der Waals surface area contributed by atoms with Crippen molar-refractivity contribution in [2.24, 2.45) is 0 Å². The second-order valence-corrected chi connectivity index (χ2v) is 7.72. The third-order valence-electron chi connectivity index (χ3n) is 4.71. The van der Waals surface area contributed by atoms with Crippen molar-refractivity contribution in [3.8, 4) is 0 Å². The zero-order chi connectivity index (χ0) is 19.3. The van der Waals surface area contributed by atoms with Crippen molar-refractivity contribution in [1.29, 1.82) is 0 Å². The van der Waals surface area contributed by atoms with Gasteiger partial charge in [-0.3, -0.25) is 9.59 Å². The van der Waals surface area contributed by atoms with Gasteiger partial charge in [-0.05, 0) is 61.9 Å². The lowest BCUT2D eigenvalue weighted by Gasteiger charge is -2.14. The molecule has 2 rings (SSSR count).